The fourth-order valence-electron chi connectivity index (χ4n) is 2.00. The van der Waals surface area contributed by atoms with Gasteiger partial charge in [-0.2, -0.15) is 0 Å². The van der Waals surface area contributed by atoms with Gasteiger partial charge in [0.15, 0.2) is 0 Å². The van der Waals surface area contributed by atoms with Crippen LogP contribution in [0.4, 0.5) is 0 Å². The Labute approximate surface area is 111 Å². The van der Waals surface area contributed by atoms with Gasteiger partial charge in [0.25, 0.3) is 5.91 Å². The van der Waals surface area contributed by atoms with E-state index in [0.29, 0.717) is 11.3 Å². The molecule has 1 saturated carbocycles. The van der Waals surface area contributed by atoms with Gasteiger partial charge in [0.1, 0.15) is 11.8 Å². The van der Waals surface area contributed by atoms with Crippen LogP contribution in [0.3, 0.4) is 0 Å². The first kappa shape index (κ1) is 13.4. The number of hydrogen-bond donors (Lipinski definition) is 2. The van der Waals surface area contributed by atoms with E-state index in [9.17, 15) is 9.59 Å². The zero-order chi connectivity index (χ0) is 14.0. The second kappa shape index (κ2) is 5.30. The van der Waals surface area contributed by atoms with Gasteiger partial charge >= 0.3 is 5.97 Å². The standard InChI is InChI=1S/C14H17NO4/c1-8-3-4-10(7-11(8)19-2)13(16)15-12(14(17)18)9-5-6-9/h3-4,7,9,12H,5-6H2,1-2H3,(H,15,16)(H,17,18). The summed E-state index contributed by atoms with van der Waals surface area (Å²) in [5, 5.41) is 11.7. The van der Waals surface area contributed by atoms with Crippen molar-refractivity contribution in [3.8, 4) is 5.75 Å². The molecular weight excluding hydrogens is 246 g/mol. The number of ether oxygens (including phenoxy) is 1. The van der Waals surface area contributed by atoms with Crippen molar-refractivity contribution in [2.45, 2.75) is 25.8 Å². The second-order valence-electron chi connectivity index (χ2n) is 4.81. The van der Waals surface area contributed by atoms with Crippen LogP contribution in [0, 0.1) is 12.8 Å². The molecule has 1 aromatic rings. The van der Waals surface area contributed by atoms with Crippen molar-refractivity contribution in [2.24, 2.45) is 5.92 Å². The van der Waals surface area contributed by atoms with E-state index in [-0.39, 0.29) is 11.8 Å². The molecule has 0 bridgehead atoms. The lowest BCUT2D eigenvalue weighted by Crippen LogP contribution is -2.42. The van der Waals surface area contributed by atoms with Crippen LogP contribution in [0.25, 0.3) is 0 Å². The summed E-state index contributed by atoms with van der Waals surface area (Å²) >= 11 is 0. The van der Waals surface area contributed by atoms with E-state index in [4.69, 9.17) is 9.84 Å². The smallest absolute Gasteiger partial charge is 0.326 e. The third kappa shape index (κ3) is 3.05. The lowest BCUT2D eigenvalue weighted by molar-refractivity contribution is -0.139. The number of methoxy groups -OCH3 is 1. The number of benzene rings is 1. The van der Waals surface area contributed by atoms with Gasteiger partial charge < -0.3 is 15.2 Å². The summed E-state index contributed by atoms with van der Waals surface area (Å²) in [6.45, 7) is 1.88. The average Bonchev–Trinajstić information content (AvgIpc) is 3.20. The number of carboxylic acid groups (broad SMARTS) is 1. The van der Waals surface area contributed by atoms with E-state index in [1.165, 1.54) is 7.11 Å². The summed E-state index contributed by atoms with van der Waals surface area (Å²) in [6.07, 6.45) is 1.71. The van der Waals surface area contributed by atoms with Crippen LogP contribution < -0.4 is 10.1 Å². The summed E-state index contributed by atoms with van der Waals surface area (Å²) in [4.78, 5) is 23.1. The van der Waals surface area contributed by atoms with Gasteiger partial charge in [0.05, 0.1) is 7.11 Å². The Bertz CT molecular complexity index is 508. The van der Waals surface area contributed by atoms with Gasteiger partial charge in [-0.1, -0.05) is 6.07 Å². The number of carbonyl (C=O) groups excluding carboxylic acids is 1. The van der Waals surface area contributed by atoms with Gasteiger partial charge in [-0.3, -0.25) is 4.79 Å². The SMILES string of the molecule is COc1cc(C(=O)NC(C(=O)O)C2CC2)ccc1C. The lowest BCUT2D eigenvalue weighted by Gasteiger charge is -2.14. The Morgan fingerprint density at radius 2 is 2.11 bits per heavy atom. The minimum absolute atomic E-state index is 0.0637. The van der Waals surface area contributed by atoms with Crippen LogP contribution in [0.2, 0.25) is 0 Å². The maximum Gasteiger partial charge on any atom is 0.326 e. The molecule has 102 valence electrons. The number of aliphatic carboxylic acids is 1. The third-order valence-electron chi connectivity index (χ3n) is 3.32. The zero-order valence-corrected chi connectivity index (χ0v) is 11.0. The molecule has 1 unspecified atom stereocenters. The number of amides is 1. The van der Waals surface area contributed by atoms with Gasteiger partial charge in [0, 0.05) is 5.56 Å². The molecule has 1 fully saturated rings. The van der Waals surface area contributed by atoms with Crippen LogP contribution in [-0.4, -0.2) is 30.1 Å². The average molecular weight is 263 g/mol. The first-order chi connectivity index (χ1) is 9.02. The normalized spacial score (nSPS) is 15.7. The molecule has 1 aliphatic carbocycles. The molecule has 1 amide bonds. The molecule has 5 nitrogen and oxygen atoms in total. The maximum atomic E-state index is 12.0. The summed E-state index contributed by atoms with van der Waals surface area (Å²) in [6, 6.07) is 4.27. The second-order valence-corrected chi connectivity index (χ2v) is 4.81. The Hall–Kier alpha value is -2.04. The van der Waals surface area contributed by atoms with E-state index < -0.39 is 12.0 Å². The Morgan fingerprint density at radius 1 is 1.42 bits per heavy atom. The zero-order valence-electron chi connectivity index (χ0n) is 11.0. The molecule has 1 aromatic carbocycles. The first-order valence-electron chi connectivity index (χ1n) is 6.21. The van der Waals surface area contributed by atoms with Crippen molar-refractivity contribution in [1.29, 1.82) is 0 Å². The van der Waals surface area contributed by atoms with Crippen LogP contribution in [0.1, 0.15) is 28.8 Å². The maximum absolute atomic E-state index is 12.0. The molecule has 2 rings (SSSR count). The molecule has 5 heteroatoms. The molecule has 0 aliphatic heterocycles. The number of aryl methyl sites for hydroxylation is 1. The molecule has 0 saturated heterocycles. The number of rotatable bonds is 5. The van der Waals surface area contributed by atoms with Crippen molar-refractivity contribution >= 4 is 11.9 Å². The summed E-state index contributed by atoms with van der Waals surface area (Å²) in [5.74, 6) is -0.674. The monoisotopic (exact) mass is 263 g/mol. The molecule has 0 heterocycles. The Kier molecular flexibility index (Phi) is 3.74. The predicted octanol–water partition coefficient (Wildman–Crippen LogP) is 1.60. The van der Waals surface area contributed by atoms with Crippen molar-refractivity contribution in [2.75, 3.05) is 7.11 Å². The molecule has 2 N–H and O–H groups in total. The van der Waals surface area contributed by atoms with Crippen molar-refractivity contribution in [1.82, 2.24) is 5.32 Å². The highest BCUT2D eigenvalue weighted by Crippen LogP contribution is 2.33. The topological polar surface area (TPSA) is 75.6 Å². The highest BCUT2D eigenvalue weighted by Gasteiger charge is 2.37. The largest absolute Gasteiger partial charge is 0.496 e. The fourth-order valence-corrected chi connectivity index (χ4v) is 2.00. The number of nitrogens with one attached hydrogen (secondary N) is 1. The molecular formula is C14H17NO4. The minimum atomic E-state index is -0.977. The minimum Gasteiger partial charge on any atom is -0.496 e. The lowest BCUT2D eigenvalue weighted by atomic mass is 10.1. The summed E-state index contributed by atoms with van der Waals surface area (Å²) in [7, 11) is 1.54. The predicted molar refractivity (Wildman–Crippen MR) is 69.3 cm³/mol. The van der Waals surface area contributed by atoms with Crippen LogP contribution in [0.5, 0.6) is 5.75 Å². The number of carboxylic acids is 1. The van der Waals surface area contributed by atoms with E-state index in [1.54, 1.807) is 18.2 Å². The van der Waals surface area contributed by atoms with Crippen LogP contribution in [0.15, 0.2) is 18.2 Å². The first-order valence-corrected chi connectivity index (χ1v) is 6.21. The van der Waals surface area contributed by atoms with Gasteiger partial charge in [-0.05, 0) is 43.4 Å². The highest BCUT2D eigenvalue weighted by molar-refractivity contribution is 5.97. The van der Waals surface area contributed by atoms with Gasteiger partial charge in [-0.15, -0.1) is 0 Å². The van der Waals surface area contributed by atoms with E-state index in [2.05, 4.69) is 5.32 Å². The molecule has 1 aliphatic rings. The molecule has 19 heavy (non-hydrogen) atoms. The number of hydrogen-bond acceptors (Lipinski definition) is 3. The number of carbonyl (C=O) groups is 2. The van der Waals surface area contributed by atoms with E-state index in [1.807, 2.05) is 6.92 Å². The third-order valence-corrected chi connectivity index (χ3v) is 3.32. The van der Waals surface area contributed by atoms with E-state index in [0.717, 1.165) is 18.4 Å². The van der Waals surface area contributed by atoms with Gasteiger partial charge in [-0.25, -0.2) is 4.79 Å². The molecule has 0 aromatic heterocycles. The van der Waals surface area contributed by atoms with Gasteiger partial charge in [0.2, 0.25) is 0 Å². The fraction of sp³-hybridized carbons (Fsp3) is 0.429. The van der Waals surface area contributed by atoms with Crippen molar-refractivity contribution in [3.05, 3.63) is 29.3 Å². The van der Waals surface area contributed by atoms with Crippen molar-refractivity contribution < 1.29 is 19.4 Å². The van der Waals surface area contributed by atoms with Crippen LogP contribution >= 0.6 is 0 Å². The summed E-state index contributed by atoms with van der Waals surface area (Å²) in [5.41, 5.74) is 1.34. The van der Waals surface area contributed by atoms with Crippen molar-refractivity contribution in [3.63, 3.8) is 0 Å². The molecule has 1 atom stereocenters. The summed E-state index contributed by atoms with van der Waals surface area (Å²) < 4.78 is 5.15. The van der Waals surface area contributed by atoms with E-state index >= 15 is 0 Å². The molecule has 0 radical (unpaired) electrons. The molecule has 0 spiro atoms. The highest BCUT2D eigenvalue weighted by atomic mass is 16.5. The Morgan fingerprint density at radius 3 is 2.63 bits per heavy atom. The quantitative estimate of drug-likeness (QED) is 0.846. The Balaban J connectivity index is 2.12. The van der Waals surface area contributed by atoms with Crippen LogP contribution in [-0.2, 0) is 4.79 Å².